The summed E-state index contributed by atoms with van der Waals surface area (Å²) in [5.74, 6) is 0.935. The number of ether oxygens (including phenoxy) is 1. The van der Waals surface area contributed by atoms with Crippen molar-refractivity contribution >= 4 is 5.91 Å². The van der Waals surface area contributed by atoms with Crippen LogP contribution in [0.2, 0.25) is 0 Å². The van der Waals surface area contributed by atoms with E-state index in [1.54, 1.807) is 11.9 Å². The van der Waals surface area contributed by atoms with Gasteiger partial charge in [0.1, 0.15) is 12.4 Å². The number of likely N-dealkylation sites (N-methyl/N-ethyl adjacent to an activating group) is 1. The Kier molecular flexibility index (Phi) is 5.83. The number of benzene rings is 1. The summed E-state index contributed by atoms with van der Waals surface area (Å²) in [7, 11) is 1.75. The van der Waals surface area contributed by atoms with Gasteiger partial charge in [-0.3, -0.25) is 4.79 Å². The number of nitrogens with zero attached hydrogens (tertiary/aromatic N) is 1. The number of nitrogens with two attached hydrogens (primary N) is 1. The molecule has 1 amide bonds. The molecule has 0 radical (unpaired) electrons. The molecular weight excluding hydrogens is 240 g/mol. The van der Waals surface area contributed by atoms with E-state index in [1.807, 2.05) is 45.0 Å². The molecule has 4 heteroatoms. The lowest BCUT2D eigenvalue weighted by molar-refractivity contribution is -0.132. The Morgan fingerprint density at radius 2 is 2.11 bits per heavy atom. The number of hydrogen-bond acceptors (Lipinski definition) is 3. The lowest BCUT2D eigenvalue weighted by Crippen LogP contribution is -2.46. The van der Waals surface area contributed by atoms with Crippen LogP contribution < -0.4 is 10.5 Å². The molecule has 0 saturated carbocycles. The van der Waals surface area contributed by atoms with Crippen LogP contribution in [0, 0.1) is 12.8 Å². The SMILES string of the molecule is Cc1cccc(OCCN(C)C(=O)[C@@H](N)C(C)C)c1. The molecule has 1 atom stereocenters. The van der Waals surface area contributed by atoms with Crippen molar-refractivity contribution in [2.45, 2.75) is 26.8 Å². The Morgan fingerprint density at radius 1 is 1.42 bits per heavy atom. The minimum atomic E-state index is -0.441. The largest absolute Gasteiger partial charge is 0.492 e. The van der Waals surface area contributed by atoms with E-state index in [0.29, 0.717) is 13.2 Å². The number of carbonyl (C=O) groups is 1. The Labute approximate surface area is 115 Å². The van der Waals surface area contributed by atoms with Gasteiger partial charge in [0, 0.05) is 7.05 Å². The van der Waals surface area contributed by atoms with E-state index >= 15 is 0 Å². The van der Waals surface area contributed by atoms with Gasteiger partial charge in [-0.2, -0.15) is 0 Å². The van der Waals surface area contributed by atoms with Crippen molar-refractivity contribution in [3.05, 3.63) is 29.8 Å². The van der Waals surface area contributed by atoms with Crippen LogP contribution in [0.3, 0.4) is 0 Å². The maximum absolute atomic E-state index is 11.9. The molecule has 4 nitrogen and oxygen atoms in total. The lowest BCUT2D eigenvalue weighted by Gasteiger charge is -2.23. The van der Waals surface area contributed by atoms with Gasteiger partial charge in [0.2, 0.25) is 5.91 Å². The first-order valence-corrected chi connectivity index (χ1v) is 6.62. The van der Waals surface area contributed by atoms with E-state index in [2.05, 4.69) is 0 Å². The summed E-state index contributed by atoms with van der Waals surface area (Å²) < 4.78 is 5.61. The molecule has 19 heavy (non-hydrogen) atoms. The highest BCUT2D eigenvalue weighted by Gasteiger charge is 2.20. The summed E-state index contributed by atoms with van der Waals surface area (Å²) in [5, 5.41) is 0. The molecule has 1 aromatic carbocycles. The average molecular weight is 264 g/mol. The van der Waals surface area contributed by atoms with Gasteiger partial charge < -0.3 is 15.4 Å². The van der Waals surface area contributed by atoms with Crippen molar-refractivity contribution in [2.24, 2.45) is 11.7 Å². The van der Waals surface area contributed by atoms with Gasteiger partial charge in [-0.25, -0.2) is 0 Å². The number of amides is 1. The maximum Gasteiger partial charge on any atom is 0.239 e. The normalized spacial score (nSPS) is 12.3. The van der Waals surface area contributed by atoms with Gasteiger partial charge in [-0.05, 0) is 30.5 Å². The number of carbonyl (C=O) groups excluding carboxylic acids is 1. The lowest BCUT2D eigenvalue weighted by atomic mass is 10.0. The quantitative estimate of drug-likeness (QED) is 0.852. The molecule has 106 valence electrons. The second kappa shape index (κ2) is 7.14. The van der Waals surface area contributed by atoms with Crippen molar-refractivity contribution in [1.29, 1.82) is 0 Å². The highest BCUT2D eigenvalue weighted by atomic mass is 16.5. The number of hydrogen-bond donors (Lipinski definition) is 1. The monoisotopic (exact) mass is 264 g/mol. The number of aryl methyl sites for hydroxylation is 1. The fourth-order valence-corrected chi connectivity index (χ4v) is 1.66. The highest BCUT2D eigenvalue weighted by molar-refractivity contribution is 5.81. The molecule has 0 saturated heterocycles. The third-order valence-electron chi connectivity index (χ3n) is 3.06. The van der Waals surface area contributed by atoms with Gasteiger partial charge in [-0.15, -0.1) is 0 Å². The summed E-state index contributed by atoms with van der Waals surface area (Å²) >= 11 is 0. The zero-order valence-electron chi connectivity index (χ0n) is 12.2. The van der Waals surface area contributed by atoms with E-state index in [1.165, 1.54) is 0 Å². The second-order valence-corrected chi connectivity index (χ2v) is 5.19. The summed E-state index contributed by atoms with van der Waals surface area (Å²) in [4.78, 5) is 13.6. The Hall–Kier alpha value is -1.55. The summed E-state index contributed by atoms with van der Waals surface area (Å²) in [6.45, 7) is 6.91. The van der Waals surface area contributed by atoms with Crippen molar-refractivity contribution in [3.63, 3.8) is 0 Å². The predicted octanol–water partition coefficient (Wildman–Crippen LogP) is 1.82. The van der Waals surface area contributed by atoms with Crippen molar-refractivity contribution in [1.82, 2.24) is 4.90 Å². The van der Waals surface area contributed by atoms with Gasteiger partial charge >= 0.3 is 0 Å². The van der Waals surface area contributed by atoms with Crippen molar-refractivity contribution in [3.8, 4) is 5.75 Å². The van der Waals surface area contributed by atoms with E-state index in [4.69, 9.17) is 10.5 Å². The molecule has 0 heterocycles. The van der Waals surface area contributed by atoms with Crippen molar-refractivity contribution in [2.75, 3.05) is 20.2 Å². The van der Waals surface area contributed by atoms with Crippen LogP contribution in [0.1, 0.15) is 19.4 Å². The Balaban J connectivity index is 2.38. The van der Waals surface area contributed by atoms with Crippen LogP contribution >= 0.6 is 0 Å². The van der Waals surface area contributed by atoms with Crippen LogP contribution in [0.4, 0.5) is 0 Å². The van der Waals surface area contributed by atoms with Crippen LogP contribution in [-0.2, 0) is 4.79 Å². The van der Waals surface area contributed by atoms with Gasteiger partial charge in [0.25, 0.3) is 0 Å². The molecular formula is C15H24N2O2. The van der Waals surface area contributed by atoms with Crippen molar-refractivity contribution < 1.29 is 9.53 Å². The zero-order valence-corrected chi connectivity index (χ0v) is 12.2. The molecule has 1 rings (SSSR count). The van der Waals surface area contributed by atoms with E-state index in [-0.39, 0.29) is 11.8 Å². The van der Waals surface area contributed by atoms with Crippen LogP contribution in [0.5, 0.6) is 5.75 Å². The molecule has 0 spiro atoms. The topological polar surface area (TPSA) is 55.6 Å². The Morgan fingerprint density at radius 3 is 2.68 bits per heavy atom. The van der Waals surface area contributed by atoms with Gasteiger partial charge in [0.15, 0.2) is 0 Å². The molecule has 0 fully saturated rings. The molecule has 0 aliphatic rings. The molecule has 0 aromatic heterocycles. The maximum atomic E-state index is 11.9. The third-order valence-corrected chi connectivity index (χ3v) is 3.06. The predicted molar refractivity (Wildman–Crippen MR) is 77.1 cm³/mol. The number of rotatable bonds is 6. The fourth-order valence-electron chi connectivity index (χ4n) is 1.66. The van der Waals surface area contributed by atoms with E-state index in [0.717, 1.165) is 11.3 Å². The average Bonchev–Trinajstić information content (AvgIpc) is 2.36. The third kappa shape index (κ3) is 4.91. The standard InChI is InChI=1S/C15H24N2O2/c1-11(2)14(16)15(18)17(4)8-9-19-13-7-5-6-12(3)10-13/h5-7,10-11,14H,8-9,16H2,1-4H3/t14-/m0/s1. The minimum absolute atomic E-state index is 0.0390. The van der Waals surface area contributed by atoms with Gasteiger partial charge in [-0.1, -0.05) is 26.0 Å². The molecule has 0 aliphatic carbocycles. The first kappa shape index (κ1) is 15.5. The fraction of sp³-hybridized carbons (Fsp3) is 0.533. The van der Waals surface area contributed by atoms with Crippen LogP contribution in [0.15, 0.2) is 24.3 Å². The summed E-state index contributed by atoms with van der Waals surface area (Å²) in [6, 6.07) is 7.42. The Bertz CT molecular complexity index is 418. The zero-order chi connectivity index (χ0) is 14.4. The van der Waals surface area contributed by atoms with Gasteiger partial charge in [0.05, 0.1) is 12.6 Å². The molecule has 0 unspecified atom stereocenters. The van der Waals surface area contributed by atoms with E-state index < -0.39 is 6.04 Å². The molecule has 1 aromatic rings. The highest BCUT2D eigenvalue weighted by Crippen LogP contribution is 2.12. The minimum Gasteiger partial charge on any atom is -0.492 e. The first-order valence-electron chi connectivity index (χ1n) is 6.62. The smallest absolute Gasteiger partial charge is 0.239 e. The molecule has 0 bridgehead atoms. The molecule has 0 aliphatic heterocycles. The van der Waals surface area contributed by atoms with Crippen LogP contribution in [-0.4, -0.2) is 37.0 Å². The first-order chi connectivity index (χ1) is 8.91. The summed E-state index contributed by atoms with van der Waals surface area (Å²) in [6.07, 6.45) is 0. The summed E-state index contributed by atoms with van der Waals surface area (Å²) in [5.41, 5.74) is 6.99. The van der Waals surface area contributed by atoms with E-state index in [9.17, 15) is 4.79 Å². The molecule has 2 N–H and O–H groups in total. The second-order valence-electron chi connectivity index (χ2n) is 5.19. The van der Waals surface area contributed by atoms with Crippen LogP contribution in [0.25, 0.3) is 0 Å².